The van der Waals surface area contributed by atoms with Crippen molar-refractivity contribution in [3.05, 3.63) is 35.9 Å². The minimum Gasteiger partial charge on any atom is -0.445 e. The summed E-state index contributed by atoms with van der Waals surface area (Å²) in [6.07, 6.45) is 8.36. The van der Waals surface area contributed by atoms with E-state index in [1.165, 1.54) is 6.42 Å². The van der Waals surface area contributed by atoms with Crippen LogP contribution < -0.4 is 5.32 Å². The number of nitrogens with one attached hydrogen (secondary N) is 1. The van der Waals surface area contributed by atoms with Crippen molar-refractivity contribution in [3.8, 4) is 12.3 Å². The van der Waals surface area contributed by atoms with Crippen LogP contribution in [0, 0.1) is 18.3 Å². The van der Waals surface area contributed by atoms with Gasteiger partial charge in [0.25, 0.3) is 0 Å². The van der Waals surface area contributed by atoms with Crippen LogP contribution in [-0.4, -0.2) is 12.1 Å². The summed E-state index contributed by atoms with van der Waals surface area (Å²) in [7, 11) is 0. The second kappa shape index (κ2) is 6.11. The standard InChI is InChI=1S/C15H17NO2/c1-2-14(13-9-6-10-13)16-15(17)18-11-12-7-4-3-5-8-12/h1,3-5,7-8,13-14H,6,9-11H2,(H,16,17)/t14-/m1/s1. The Kier molecular flexibility index (Phi) is 4.25. The van der Waals surface area contributed by atoms with E-state index in [2.05, 4.69) is 11.2 Å². The third kappa shape index (κ3) is 3.27. The van der Waals surface area contributed by atoms with E-state index in [-0.39, 0.29) is 12.6 Å². The van der Waals surface area contributed by atoms with Gasteiger partial charge >= 0.3 is 6.09 Å². The van der Waals surface area contributed by atoms with Crippen LogP contribution in [0.2, 0.25) is 0 Å². The molecule has 0 heterocycles. The molecular formula is C15H17NO2. The van der Waals surface area contributed by atoms with Crippen LogP contribution in [0.15, 0.2) is 30.3 Å². The molecule has 3 heteroatoms. The van der Waals surface area contributed by atoms with Gasteiger partial charge in [-0.3, -0.25) is 0 Å². The molecule has 94 valence electrons. The summed E-state index contributed by atoms with van der Waals surface area (Å²) in [5.74, 6) is 3.04. The second-order valence-electron chi connectivity index (χ2n) is 4.54. The van der Waals surface area contributed by atoms with Crippen molar-refractivity contribution in [3.63, 3.8) is 0 Å². The molecule has 1 saturated carbocycles. The molecule has 0 radical (unpaired) electrons. The van der Waals surface area contributed by atoms with Gasteiger partial charge < -0.3 is 10.1 Å². The van der Waals surface area contributed by atoms with Gasteiger partial charge in [-0.05, 0) is 24.3 Å². The Hall–Kier alpha value is -1.95. The lowest BCUT2D eigenvalue weighted by Crippen LogP contribution is -2.42. The molecule has 1 aliphatic rings. The van der Waals surface area contributed by atoms with Gasteiger partial charge in [0.2, 0.25) is 0 Å². The average molecular weight is 243 g/mol. The number of alkyl carbamates (subject to hydrolysis) is 1. The van der Waals surface area contributed by atoms with Crippen molar-refractivity contribution in [1.29, 1.82) is 0 Å². The summed E-state index contributed by atoms with van der Waals surface area (Å²) in [4.78, 5) is 11.6. The highest BCUT2D eigenvalue weighted by Crippen LogP contribution is 2.29. The smallest absolute Gasteiger partial charge is 0.408 e. The molecule has 0 spiro atoms. The van der Waals surface area contributed by atoms with Crippen molar-refractivity contribution >= 4 is 6.09 Å². The quantitative estimate of drug-likeness (QED) is 0.826. The Morgan fingerprint density at radius 1 is 1.44 bits per heavy atom. The van der Waals surface area contributed by atoms with Crippen LogP contribution in [0.25, 0.3) is 0 Å². The predicted molar refractivity (Wildman–Crippen MR) is 69.7 cm³/mol. The molecule has 2 rings (SSSR count). The molecule has 1 aliphatic carbocycles. The first-order valence-electron chi connectivity index (χ1n) is 6.23. The minimum absolute atomic E-state index is 0.193. The zero-order chi connectivity index (χ0) is 12.8. The molecule has 1 aromatic carbocycles. The molecule has 3 nitrogen and oxygen atoms in total. The zero-order valence-corrected chi connectivity index (χ0v) is 10.3. The van der Waals surface area contributed by atoms with E-state index in [1.54, 1.807) is 0 Å². The largest absolute Gasteiger partial charge is 0.445 e. The maximum Gasteiger partial charge on any atom is 0.408 e. The van der Waals surface area contributed by atoms with Crippen LogP contribution in [0.5, 0.6) is 0 Å². The lowest BCUT2D eigenvalue weighted by molar-refractivity contribution is 0.131. The summed E-state index contributed by atoms with van der Waals surface area (Å²) < 4.78 is 5.13. The number of terminal acetylenes is 1. The van der Waals surface area contributed by atoms with Gasteiger partial charge in [-0.1, -0.05) is 42.7 Å². The lowest BCUT2D eigenvalue weighted by Gasteiger charge is -2.30. The Bertz CT molecular complexity index is 432. The maximum absolute atomic E-state index is 11.6. The van der Waals surface area contributed by atoms with Gasteiger partial charge in [0.05, 0.1) is 6.04 Å². The van der Waals surface area contributed by atoms with Gasteiger partial charge in [0.15, 0.2) is 0 Å². The van der Waals surface area contributed by atoms with Gasteiger partial charge in [-0.2, -0.15) is 0 Å². The summed E-state index contributed by atoms with van der Waals surface area (Å²) >= 11 is 0. The fourth-order valence-corrected chi connectivity index (χ4v) is 1.96. The van der Waals surface area contributed by atoms with Gasteiger partial charge in [0.1, 0.15) is 6.61 Å². The van der Waals surface area contributed by atoms with Crippen molar-refractivity contribution in [2.45, 2.75) is 31.9 Å². The molecule has 0 unspecified atom stereocenters. The molecule has 1 fully saturated rings. The van der Waals surface area contributed by atoms with Gasteiger partial charge in [0, 0.05) is 0 Å². The minimum atomic E-state index is -0.436. The molecule has 1 atom stereocenters. The first kappa shape index (κ1) is 12.5. The predicted octanol–water partition coefficient (Wildman–Crippen LogP) is 2.71. The van der Waals surface area contributed by atoms with Crippen LogP contribution in [-0.2, 0) is 11.3 Å². The topological polar surface area (TPSA) is 38.3 Å². The fraction of sp³-hybridized carbons (Fsp3) is 0.400. The summed E-state index contributed by atoms with van der Waals surface area (Å²) in [5, 5.41) is 2.74. The first-order chi connectivity index (χ1) is 8.79. The number of benzene rings is 1. The van der Waals surface area contributed by atoms with Crippen LogP contribution in [0.3, 0.4) is 0 Å². The molecule has 0 saturated heterocycles. The van der Waals surface area contributed by atoms with E-state index in [4.69, 9.17) is 11.2 Å². The Labute approximate surface area is 108 Å². The molecular weight excluding hydrogens is 226 g/mol. The average Bonchev–Trinajstić information content (AvgIpc) is 2.34. The number of rotatable bonds is 4. The van der Waals surface area contributed by atoms with E-state index >= 15 is 0 Å². The third-order valence-corrected chi connectivity index (χ3v) is 3.29. The van der Waals surface area contributed by atoms with Gasteiger partial charge in [-0.15, -0.1) is 6.42 Å². The molecule has 18 heavy (non-hydrogen) atoms. The highest BCUT2D eigenvalue weighted by Gasteiger charge is 2.27. The summed E-state index contributed by atoms with van der Waals surface area (Å²) in [6.45, 7) is 0.272. The van der Waals surface area contributed by atoms with E-state index in [0.717, 1.165) is 18.4 Å². The number of hydrogen-bond donors (Lipinski definition) is 1. The van der Waals surface area contributed by atoms with E-state index < -0.39 is 6.09 Å². The molecule has 0 bridgehead atoms. The fourth-order valence-electron chi connectivity index (χ4n) is 1.96. The molecule has 1 amide bonds. The Morgan fingerprint density at radius 2 is 2.17 bits per heavy atom. The highest BCUT2D eigenvalue weighted by molar-refractivity contribution is 5.68. The summed E-state index contributed by atoms with van der Waals surface area (Å²) in [5.41, 5.74) is 0.966. The zero-order valence-electron chi connectivity index (χ0n) is 10.3. The maximum atomic E-state index is 11.6. The van der Waals surface area contributed by atoms with Gasteiger partial charge in [-0.25, -0.2) is 4.79 Å². The van der Waals surface area contributed by atoms with Crippen LogP contribution >= 0.6 is 0 Å². The molecule has 1 N–H and O–H groups in total. The number of carbonyl (C=O) groups is 1. The molecule has 0 aliphatic heterocycles. The van der Waals surface area contributed by atoms with E-state index in [0.29, 0.717) is 5.92 Å². The monoisotopic (exact) mass is 243 g/mol. The first-order valence-corrected chi connectivity index (χ1v) is 6.23. The number of ether oxygens (including phenoxy) is 1. The van der Waals surface area contributed by atoms with Crippen molar-refractivity contribution < 1.29 is 9.53 Å². The number of carbonyl (C=O) groups excluding carboxylic acids is 1. The summed E-state index contributed by atoms with van der Waals surface area (Å²) in [6, 6.07) is 9.39. The van der Waals surface area contributed by atoms with Crippen LogP contribution in [0.1, 0.15) is 24.8 Å². The lowest BCUT2D eigenvalue weighted by atomic mass is 9.80. The SMILES string of the molecule is C#C[C@@H](NC(=O)OCc1ccccc1)C1CCC1. The second-order valence-corrected chi connectivity index (χ2v) is 4.54. The van der Waals surface area contributed by atoms with Crippen molar-refractivity contribution in [1.82, 2.24) is 5.32 Å². The van der Waals surface area contributed by atoms with Crippen LogP contribution in [0.4, 0.5) is 4.79 Å². The van der Waals surface area contributed by atoms with Crippen molar-refractivity contribution in [2.75, 3.05) is 0 Å². The van der Waals surface area contributed by atoms with E-state index in [9.17, 15) is 4.79 Å². The third-order valence-electron chi connectivity index (χ3n) is 3.29. The van der Waals surface area contributed by atoms with Crippen molar-refractivity contribution in [2.24, 2.45) is 5.92 Å². The molecule has 0 aromatic heterocycles. The Morgan fingerprint density at radius 3 is 2.72 bits per heavy atom. The highest BCUT2D eigenvalue weighted by atomic mass is 16.5. The number of amides is 1. The normalized spacial score (nSPS) is 16.2. The molecule has 1 aromatic rings. The Balaban J connectivity index is 1.76. The van der Waals surface area contributed by atoms with E-state index in [1.807, 2.05) is 30.3 Å². The number of hydrogen-bond acceptors (Lipinski definition) is 2.